The van der Waals surface area contributed by atoms with E-state index in [1.807, 2.05) is 0 Å². The van der Waals surface area contributed by atoms with Gasteiger partial charge in [0, 0.05) is 11.8 Å². The summed E-state index contributed by atoms with van der Waals surface area (Å²) in [6, 6.07) is 0. The van der Waals surface area contributed by atoms with Crippen LogP contribution in [0.4, 0.5) is 0 Å². The van der Waals surface area contributed by atoms with E-state index in [9.17, 15) is 0 Å². The van der Waals surface area contributed by atoms with Gasteiger partial charge < -0.3 is 11.5 Å². The molecule has 0 aliphatic rings. The second-order valence-electron chi connectivity index (χ2n) is 3.57. The average molecular weight is 257 g/mol. The maximum Gasteiger partial charge on any atom is 0.0263 e. The Kier molecular flexibility index (Phi) is 20.2. The minimum atomic E-state index is 0.517. The standard InChI is InChI=1S/C6H16N2.C5H10Cl2/c7-5-3-1-2-4-6-8;1-2-5(3-6)4-7/h1-8H2;5H,2-4H2,1H3. The summed E-state index contributed by atoms with van der Waals surface area (Å²) in [5, 5.41) is 0. The summed E-state index contributed by atoms with van der Waals surface area (Å²) < 4.78 is 0. The molecule has 0 radical (unpaired) electrons. The number of hydrogen-bond donors (Lipinski definition) is 2. The highest BCUT2D eigenvalue weighted by Crippen LogP contribution is 2.05. The van der Waals surface area contributed by atoms with Crippen molar-refractivity contribution in [2.75, 3.05) is 24.8 Å². The van der Waals surface area contributed by atoms with Crippen molar-refractivity contribution >= 4 is 23.2 Å². The largest absolute Gasteiger partial charge is 0.330 e. The molecule has 0 saturated heterocycles. The van der Waals surface area contributed by atoms with Gasteiger partial charge in [-0.15, -0.1) is 23.2 Å². The van der Waals surface area contributed by atoms with E-state index in [2.05, 4.69) is 6.92 Å². The van der Waals surface area contributed by atoms with Gasteiger partial charge in [0.25, 0.3) is 0 Å². The SMILES string of the molecule is CCC(CCl)CCl.NCCCCCCN. The Balaban J connectivity index is 0. The van der Waals surface area contributed by atoms with Crippen LogP contribution in [0.5, 0.6) is 0 Å². The third-order valence-electron chi connectivity index (χ3n) is 2.17. The van der Waals surface area contributed by atoms with E-state index in [0.29, 0.717) is 17.7 Å². The summed E-state index contributed by atoms with van der Waals surface area (Å²) >= 11 is 11.0. The Labute approximate surface area is 105 Å². The third-order valence-corrected chi connectivity index (χ3v) is 3.04. The highest BCUT2D eigenvalue weighted by Gasteiger charge is 1.99. The zero-order chi connectivity index (χ0) is 11.9. The van der Waals surface area contributed by atoms with Crippen LogP contribution in [0, 0.1) is 5.92 Å². The van der Waals surface area contributed by atoms with E-state index >= 15 is 0 Å². The Morgan fingerprint density at radius 3 is 1.40 bits per heavy atom. The van der Waals surface area contributed by atoms with E-state index < -0.39 is 0 Å². The molecule has 0 aromatic heterocycles. The van der Waals surface area contributed by atoms with Crippen LogP contribution < -0.4 is 11.5 Å². The van der Waals surface area contributed by atoms with E-state index in [4.69, 9.17) is 34.7 Å². The fourth-order valence-electron chi connectivity index (χ4n) is 0.902. The Morgan fingerprint density at radius 2 is 1.27 bits per heavy atom. The van der Waals surface area contributed by atoms with Crippen LogP contribution >= 0.6 is 23.2 Å². The van der Waals surface area contributed by atoms with Gasteiger partial charge in [0.05, 0.1) is 0 Å². The normalized spacial score (nSPS) is 10.0. The molecule has 4 N–H and O–H groups in total. The lowest BCUT2D eigenvalue weighted by molar-refractivity contribution is 0.640. The lowest BCUT2D eigenvalue weighted by Crippen LogP contribution is -2.00. The molecule has 0 heterocycles. The molecule has 0 unspecified atom stereocenters. The van der Waals surface area contributed by atoms with Gasteiger partial charge in [-0.25, -0.2) is 0 Å². The average Bonchev–Trinajstić information content (AvgIpc) is 2.28. The van der Waals surface area contributed by atoms with Crippen LogP contribution in [0.25, 0.3) is 0 Å². The van der Waals surface area contributed by atoms with Crippen molar-refractivity contribution in [3.05, 3.63) is 0 Å². The molecule has 94 valence electrons. The molecule has 0 bridgehead atoms. The van der Waals surface area contributed by atoms with Gasteiger partial charge >= 0.3 is 0 Å². The van der Waals surface area contributed by atoms with E-state index in [1.165, 1.54) is 12.8 Å². The van der Waals surface area contributed by atoms with Crippen molar-refractivity contribution in [3.63, 3.8) is 0 Å². The van der Waals surface area contributed by atoms with Crippen LogP contribution in [-0.2, 0) is 0 Å². The zero-order valence-electron chi connectivity index (χ0n) is 9.85. The van der Waals surface area contributed by atoms with Crippen LogP contribution in [0.15, 0.2) is 0 Å². The van der Waals surface area contributed by atoms with Crippen molar-refractivity contribution in [2.45, 2.75) is 39.0 Å². The molecule has 0 rings (SSSR count). The molecule has 0 saturated carbocycles. The molecule has 0 aromatic rings. The maximum absolute atomic E-state index is 5.48. The number of alkyl halides is 2. The van der Waals surface area contributed by atoms with Gasteiger partial charge in [0.1, 0.15) is 0 Å². The monoisotopic (exact) mass is 256 g/mol. The topological polar surface area (TPSA) is 52.0 Å². The van der Waals surface area contributed by atoms with Crippen LogP contribution in [0.1, 0.15) is 39.0 Å². The van der Waals surface area contributed by atoms with Gasteiger partial charge in [0.2, 0.25) is 0 Å². The van der Waals surface area contributed by atoms with E-state index in [1.54, 1.807) is 0 Å². The molecule has 0 aliphatic heterocycles. The molecule has 2 nitrogen and oxygen atoms in total. The Bertz CT molecular complexity index is 87.1. The second kappa shape index (κ2) is 16.9. The molecule has 0 fully saturated rings. The second-order valence-corrected chi connectivity index (χ2v) is 4.19. The quantitative estimate of drug-likeness (QED) is 0.519. The summed E-state index contributed by atoms with van der Waals surface area (Å²) in [5.41, 5.74) is 10.6. The summed E-state index contributed by atoms with van der Waals surface area (Å²) in [5.74, 6) is 1.91. The van der Waals surface area contributed by atoms with Gasteiger partial charge in [-0.1, -0.05) is 26.2 Å². The first kappa shape index (κ1) is 17.9. The van der Waals surface area contributed by atoms with E-state index in [-0.39, 0.29) is 0 Å². The minimum Gasteiger partial charge on any atom is -0.330 e. The number of rotatable bonds is 8. The fraction of sp³-hybridized carbons (Fsp3) is 1.00. The molecule has 15 heavy (non-hydrogen) atoms. The van der Waals surface area contributed by atoms with E-state index in [0.717, 1.165) is 32.4 Å². The molecule has 4 heteroatoms. The Morgan fingerprint density at radius 1 is 0.867 bits per heavy atom. The lowest BCUT2D eigenvalue weighted by Gasteiger charge is -2.02. The number of nitrogens with two attached hydrogens (primary N) is 2. The summed E-state index contributed by atoms with van der Waals surface area (Å²) in [4.78, 5) is 0. The van der Waals surface area contributed by atoms with Crippen LogP contribution in [0.3, 0.4) is 0 Å². The first-order chi connectivity index (χ1) is 7.26. The third kappa shape index (κ3) is 17.1. The van der Waals surface area contributed by atoms with Gasteiger partial charge in [-0.3, -0.25) is 0 Å². The maximum atomic E-state index is 5.48. The highest BCUT2D eigenvalue weighted by molar-refractivity contribution is 6.20. The molecular weight excluding hydrogens is 231 g/mol. The predicted molar refractivity (Wildman–Crippen MR) is 71.8 cm³/mol. The van der Waals surface area contributed by atoms with Gasteiger partial charge in [-0.05, 0) is 31.8 Å². The lowest BCUT2D eigenvalue weighted by atomic mass is 10.2. The van der Waals surface area contributed by atoms with Crippen molar-refractivity contribution in [2.24, 2.45) is 17.4 Å². The van der Waals surface area contributed by atoms with Crippen molar-refractivity contribution in [3.8, 4) is 0 Å². The Hall–Kier alpha value is 0.500. The molecule has 0 spiro atoms. The van der Waals surface area contributed by atoms with Crippen molar-refractivity contribution < 1.29 is 0 Å². The first-order valence-electron chi connectivity index (χ1n) is 5.78. The summed E-state index contributed by atoms with van der Waals surface area (Å²) in [7, 11) is 0. The fourth-order valence-corrected chi connectivity index (χ4v) is 1.67. The number of hydrogen-bond acceptors (Lipinski definition) is 2. The predicted octanol–water partition coefficient (Wildman–Crippen LogP) is 2.95. The smallest absolute Gasteiger partial charge is 0.0263 e. The molecule has 0 amide bonds. The molecule has 0 aromatic carbocycles. The van der Waals surface area contributed by atoms with Crippen LogP contribution in [0.2, 0.25) is 0 Å². The number of unbranched alkanes of at least 4 members (excludes halogenated alkanes) is 3. The zero-order valence-corrected chi connectivity index (χ0v) is 11.4. The number of halogens is 2. The first-order valence-corrected chi connectivity index (χ1v) is 6.85. The van der Waals surface area contributed by atoms with Gasteiger partial charge in [-0.2, -0.15) is 0 Å². The molecular formula is C11H26Cl2N2. The van der Waals surface area contributed by atoms with Crippen molar-refractivity contribution in [1.29, 1.82) is 0 Å². The molecule has 0 atom stereocenters. The highest BCUT2D eigenvalue weighted by atomic mass is 35.5. The summed E-state index contributed by atoms with van der Waals surface area (Å²) in [6.45, 7) is 3.74. The summed E-state index contributed by atoms with van der Waals surface area (Å²) in [6.07, 6.45) is 5.88. The molecule has 0 aliphatic carbocycles. The van der Waals surface area contributed by atoms with Gasteiger partial charge in [0.15, 0.2) is 0 Å². The minimum absolute atomic E-state index is 0.517. The van der Waals surface area contributed by atoms with Crippen molar-refractivity contribution in [1.82, 2.24) is 0 Å². The van der Waals surface area contributed by atoms with Crippen LogP contribution in [-0.4, -0.2) is 24.8 Å².